The third-order valence-electron chi connectivity index (χ3n) is 10.9. The highest BCUT2D eigenvalue weighted by Crippen LogP contribution is 2.39. The Morgan fingerprint density at radius 1 is 0.481 bits per heavy atom. The van der Waals surface area contributed by atoms with E-state index in [1.807, 2.05) is 6.07 Å². The van der Waals surface area contributed by atoms with E-state index in [0.29, 0.717) is 6.42 Å². The quantitative estimate of drug-likeness (QED) is 0.166. The highest BCUT2D eigenvalue weighted by molar-refractivity contribution is 6.20. The van der Waals surface area contributed by atoms with Gasteiger partial charge in [0, 0.05) is 45.0 Å². The van der Waals surface area contributed by atoms with Crippen LogP contribution in [-0.2, 0) is 0 Å². The molecule has 0 atom stereocenters. The van der Waals surface area contributed by atoms with Gasteiger partial charge in [-0.2, -0.15) is 0 Å². The van der Waals surface area contributed by atoms with Crippen molar-refractivity contribution in [1.82, 2.24) is 4.57 Å². The molecular weight excluding hydrogens is 655 g/mol. The number of allylic oxidation sites excluding steroid dienone is 1. The van der Waals surface area contributed by atoms with Crippen molar-refractivity contribution in [2.24, 2.45) is 9.98 Å². The van der Waals surface area contributed by atoms with Gasteiger partial charge in [0.05, 0.1) is 22.4 Å². The summed E-state index contributed by atoms with van der Waals surface area (Å²) in [5.74, 6) is 0.737. The van der Waals surface area contributed by atoms with E-state index < -0.39 is 0 Å². The fraction of sp³-hybridized carbons (Fsp3) is 0.0588. The van der Waals surface area contributed by atoms with Crippen molar-refractivity contribution in [2.45, 2.75) is 19.8 Å². The van der Waals surface area contributed by atoms with E-state index >= 15 is 0 Å². The topological polar surface area (TPSA) is 29.6 Å². The van der Waals surface area contributed by atoms with Crippen LogP contribution in [0.25, 0.3) is 65.9 Å². The van der Waals surface area contributed by atoms with Gasteiger partial charge in [-0.15, -0.1) is 0 Å². The van der Waals surface area contributed by atoms with Crippen LogP contribution in [0.2, 0.25) is 0 Å². The summed E-state index contributed by atoms with van der Waals surface area (Å²) in [6.45, 7) is 2.23. The van der Waals surface area contributed by atoms with E-state index in [1.54, 1.807) is 0 Å². The van der Waals surface area contributed by atoms with Gasteiger partial charge in [-0.1, -0.05) is 159 Å². The Kier molecular flexibility index (Phi) is 7.84. The SMILES string of the molecule is CCC1=C(c2ccccc2)N=C(c2ccccc2)N=C(c2cc3ccccc3cc2-c2ccc(-n3c4ccccc4c4ccc5ccccc5c43)cc2)C1. The molecule has 0 fully saturated rings. The Bertz CT molecular complexity index is 2960. The molecule has 0 aliphatic carbocycles. The summed E-state index contributed by atoms with van der Waals surface area (Å²) in [6, 6.07) is 65.3. The summed E-state index contributed by atoms with van der Waals surface area (Å²) >= 11 is 0. The van der Waals surface area contributed by atoms with E-state index in [-0.39, 0.29) is 0 Å². The van der Waals surface area contributed by atoms with Crippen molar-refractivity contribution >= 4 is 60.6 Å². The molecule has 8 aromatic carbocycles. The Hall–Kier alpha value is -6.84. The summed E-state index contributed by atoms with van der Waals surface area (Å²) in [5, 5.41) is 7.42. The van der Waals surface area contributed by atoms with E-state index in [2.05, 4.69) is 187 Å². The molecule has 0 radical (unpaired) electrons. The molecule has 3 heteroatoms. The van der Waals surface area contributed by atoms with Gasteiger partial charge in [-0.25, -0.2) is 9.98 Å². The van der Waals surface area contributed by atoms with Gasteiger partial charge in [-0.3, -0.25) is 0 Å². The van der Waals surface area contributed by atoms with Gasteiger partial charge >= 0.3 is 0 Å². The third kappa shape index (κ3) is 5.45. The fourth-order valence-corrected chi connectivity index (χ4v) is 8.20. The van der Waals surface area contributed by atoms with Crippen molar-refractivity contribution in [3.05, 3.63) is 204 Å². The monoisotopic (exact) mass is 691 g/mol. The lowest BCUT2D eigenvalue weighted by molar-refractivity contribution is 1.05. The van der Waals surface area contributed by atoms with E-state index in [1.165, 1.54) is 48.9 Å². The molecule has 0 saturated carbocycles. The third-order valence-corrected chi connectivity index (χ3v) is 10.9. The fourth-order valence-electron chi connectivity index (χ4n) is 8.20. The highest BCUT2D eigenvalue weighted by atomic mass is 15.0. The minimum atomic E-state index is 0.707. The Balaban J connectivity index is 1.16. The highest BCUT2D eigenvalue weighted by Gasteiger charge is 2.22. The van der Waals surface area contributed by atoms with Crippen molar-refractivity contribution in [3.63, 3.8) is 0 Å². The minimum absolute atomic E-state index is 0.707. The van der Waals surface area contributed by atoms with Crippen LogP contribution < -0.4 is 0 Å². The molecule has 3 nitrogen and oxygen atoms in total. The first-order chi connectivity index (χ1) is 26.7. The number of amidine groups is 1. The molecule has 0 spiro atoms. The molecule has 0 saturated heterocycles. The Morgan fingerprint density at radius 2 is 1.09 bits per heavy atom. The first-order valence-electron chi connectivity index (χ1n) is 18.8. The molecule has 0 bridgehead atoms. The van der Waals surface area contributed by atoms with Crippen molar-refractivity contribution in [2.75, 3.05) is 0 Å². The lowest BCUT2D eigenvalue weighted by Crippen LogP contribution is -2.08. The lowest BCUT2D eigenvalue weighted by Gasteiger charge is -2.17. The molecule has 0 unspecified atom stereocenters. The number of aliphatic imine (C=N–C) groups is 2. The average Bonchev–Trinajstić information content (AvgIpc) is 3.46. The maximum atomic E-state index is 5.46. The van der Waals surface area contributed by atoms with E-state index in [4.69, 9.17) is 9.98 Å². The van der Waals surface area contributed by atoms with Crippen LogP contribution in [-0.4, -0.2) is 16.1 Å². The summed E-state index contributed by atoms with van der Waals surface area (Å²) in [5.41, 5.74) is 12.5. The number of rotatable bonds is 6. The molecule has 54 heavy (non-hydrogen) atoms. The van der Waals surface area contributed by atoms with Crippen LogP contribution in [0.15, 0.2) is 198 Å². The van der Waals surface area contributed by atoms with Crippen LogP contribution in [0.4, 0.5) is 0 Å². The summed E-state index contributed by atoms with van der Waals surface area (Å²) in [7, 11) is 0. The van der Waals surface area contributed by atoms with Crippen LogP contribution in [0.3, 0.4) is 0 Å². The van der Waals surface area contributed by atoms with Gasteiger partial charge in [0.15, 0.2) is 5.84 Å². The van der Waals surface area contributed by atoms with E-state index in [9.17, 15) is 0 Å². The second-order valence-corrected chi connectivity index (χ2v) is 14.0. The Labute approximate surface area is 314 Å². The normalized spacial score (nSPS) is 13.4. The molecule has 256 valence electrons. The van der Waals surface area contributed by atoms with Crippen LogP contribution in [0, 0.1) is 0 Å². The smallest absolute Gasteiger partial charge is 0.160 e. The van der Waals surface area contributed by atoms with E-state index in [0.717, 1.165) is 57.2 Å². The first kappa shape index (κ1) is 31.9. The van der Waals surface area contributed by atoms with Gasteiger partial charge in [0.1, 0.15) is 0 Å². The molecule has 10 rings (SSSR count). The predicted molar refractivity (Wildman–Crippen MR) is 229 cm³/mol. The zero-order chi connectivity index (χ0) is 36.0. The maximum Gasteiger partial charge on any atom is 0.160 e. The zero-order valence-corrected chi connectivity index (χ0v) is 30.1. The summed E-state index contributed by atoms with van der Waals surface area (Å²) < 4.78 is 2.43. The maximum absolute atomic E-state index is 5.46. The largest absolute Gasteiger partial charge is 0.309 e. The second kappa shape index (κ2) is 13.3. The molecule has 1 aliphatic rings. The van der Waals surface area contributed by atoms with Gasteiger partial charge in [0.25, 0.3) is 0 Å². The van der Waals surface area contributed by atoms with Gasteiger partial charge < -0.3 is 4.57 Å². The molecular formula is C51H37N3. The van der Waals surface area contributed by atoms with Crippen LogP contribution in [0.1, 0.15) is 36.5 Å². The average molecular weight is 692 g/mol. The number of benzene rings is 8. The molecule has 2 heterocycles. The van der Waals surface area contributed by atoms with Crippen molar-refractivity contribution < 1.29 is 0 Å². The minimum Gasteiger partial charge on any atom is -0.309 e. The van der Waals surface area contributed by atoms with Crippen LogP contribution in [0.5, 0.6) is 0 Å². The van der Waals surface area contributed by atoms with Gasteiger partial charge in [-0.05, 0) is 69.6 Å². The van der Waals surface area contributed by atoms with Gasteiger partial charge in [0.2, 0.25) is 0 Å². The van der Waals surface area contributed by atoms with Crippen molar-refractivity contribution in [1.29, 1.82) is 0 Å². The molecule has 1 aromatic heterocycles. The number of aromatic nitrogens is 1. The molecule has 0 amide bonds. The molecule has 1 aliphatic heterocycles. The first-order valence-corrected chi connectivity index (χ1v) is 18.8. The number of nitrogens with zero attached hydrogens (tertiary/aromatic N) is 3. The number of fused-ring (bicyclic) bond motifs is 6. The zero-order valence-electron chi connectivity index (χ0n) is 30.1. The number of hydrogen-bond acceptors (Lipinski definition) is 2. The molecule has 0 N–H and O–H groups in total. The summed E-state index contributed by atoms with van der Waals surface area (Å²) in [4.78, 5) is 10.8. The standard InChI is InChI=1S/C51H37N3/c1-2-34-33-47(52-51(38-18-7-4-8-19-38)53-49(34)37-16-5-3-6-17-37)46-32-40-21-10-9-20-39(40)31-45(46)36-25-28-41(29-26-36)54-48-24-14-13-23-43(48)44-30-27-35-15-11-12-22-42(35)50(44)54/h3-32H,2,33H2,1H3. The lowest BCUT2D eigenvalue weighted by atomic mass is 9.89. The predicted octanol–water partition coefficient (Wildman–Crippen LogP) is 13.2. The van der Waals surface area contributed by atoms with Crippen molar-refractivity contribution in [3.8, 4) is 16.8 Å². The number of para-hydroxylation sites is 1. The second-order valence-electron chi connectivity index (χ2n) is 14.0. The number of hydrogen-bond donors (Lipinski definition) is 0. The summed E-state index contributed by atoms with van der Waals surface area (Å²) in [6.07, 6.45) is 1.58. The molecule has 9 aromatic rings. The van der Waals surface area contributed by atoms with Crippen LogP contribution >= 0.6 is 0 Å². The Morgan fingerprint density at radius 3 is 1.81 bits per heavy atom.